The van der Waals surface area contributed by atoms with E-state index in [0.717, 1.165) is 22.4 Å². The zero-order chi connectivity index (χ0) is 26.5. The maximum atomic E-state index is 12.7. The van der Waals surface area contributed by atoms with Gasteiger partial charge in [-0.25, -0.2) is 4.98 Å². The molecule has 192 valence electrons. The molecule has 1 unspecified atom stereocenters. The van der Waals surface area contributed by atoms with E-state index in [0.29, 0.717) is 38.4 Å². The predicted molar refractivity (Wildman–Crippen MR) is 152 cm³/mol. The number of carbonyl (C=O) groups excluding carboxylic acids is 1. The molecule has 11 heteroatoms. The van der Waals surface area contributed by atoms with Gasteiger partial charge < -0.3 is 10.1 Å². The van der Waals surface area contributed by atoms with Gasteiger partial charge in [-0.05, 0) is 56.2 Å². The Morgan fingerprint density at radius 3 is 2.84 bits per heavy atom. The van der Waals surface area contributed by atoms with Crippen molar-refractivity contribution in [2.75, 3.05) is 11.1 Å². The lowest BCUT2D eigenvalue weighted by atomic mass is 10.1. The van der Waals surface area contributed by atoms with Crippen molar-refractivity contribution in [1.82, 2.24) is 19.7 Å². The Morgan fingerprint density at radius 1 is 1.27 bits per heavy atom. The number of ether oxygens (including phenoxy) is 1. The van der Waals surface area contributed by atoms with E-state index < -0.39 is 0 Å². The van der Waals surface area contributed by atoms with Gasteiger partial charge in [-0.2, -0.15) is 0 Å². The molecular weight excluding hydrogens is 549 g/mol. The molecule has 0 aliphatic rings. The lowest BCUT2D eigenvalue weighted by Crippen LogP contribution is -2.15. The van der Waals surface area contributed by atoms with Gasteiger partial charge in [0.1, 0.15) is 5.75 Å². The Labute approximate surface area is 233 Å². The standard InChI is InChI=1S/C26H25Cl2N5O2S2/c1-5-11-33-24(17(4)35-22-8-6-7-15(2)16(22)3)31-32-26(33)37-14-23(34)30-25-29-21(13-36-25)19-10-9-18(27)12-20(19)28/h5-10,12-13,17H,1,11,14H2,2-4H3,(H,29,30,34). The first-order valence-electron chi connectivity index (χ1n) is 11.4. The van der Waals surface area contributed by atoms with E-state index in [9.17, 15) is 4.79 Å². The summed E-state index contributed by atoms with van der Waals surface area (Å²) in [5.41, 5.74) is 3.66. The van der Waals surface area contributed by atoms with E-state index in [1.165, 1.54) is 23.1 Å². The molecule has 0 radical (unpaired) electrons. The molecule has 0 saturated heterocycles. The number of aryl methyl sites for hydroxylation is 1. The molecular formula is C26H25Cl2N5O2S2. The predicted octanol–water partition coefficient (Wildman–Crippen LogP) is 7.38. The highest BCUT2D eigenvalue weighted by molar-refractivity contribution is 7.99. The maximum absolute atomic E-state index is 12.7. The lowest BCUT2D eigenvalue weighted by Gasteiger charge is -2.18. The van der Waals surface area contributed by atoms with Crippen molar-refractivity contribution in [2.45, 2.75) is 38.6 Å². The molecule has 2 aromatic carbocycles. The van der Waals surface area contributed by atoms with Crippen LogP contribution in [0, 0.1) is 13.8 Å². The minimum Gasteiger partial charge on any atom is -0.482 e. The first-order chi connectivity index (χ1) is 17.8. The van der Waals surface area contributed by atoms with Crippen molar-refractivity contribution in [1.29, 1.82) is 0 Å². The highest BCUT2D eigenvalue weighted by Crippen LogP contribution is 2.33. The fourth-order valence-corrected chi connectivity index (χ4v) is 5.53. The van der Waals surface area contributed by atoms with E-state index in [2.05, 4.69) is 27.1 Å². The van der Waals surface area contributed by atoms with Gasteiger partial charge in [0.25, 0.3) is 0 Å². The topological polar surface area (TPSA) is 81.9 Å². The molecule has 0 spiro atoms. The molecule has 0 saturated carbocycles. The number of hydrogen-bond acceptors (Lipinski definition) is 7. The van der Waals surface area contributed by atoms with Crippen LogP contribution in [0.15, 0.2) is 59.6 Å². The normalized spacial score (nSPS) is 11.8. The van der Waals surface area contributed by atoms with Crippen LogP contribution in [0.25, 0.3) is 11.3 Å². The average Bonchev–Trinajstić information content (AvgIpc) is 3.48. The summed E-state index contributed by atoms with van der Waals surface area (Å²) >= 11 is 14.9. The number of hydrogen-bond donors (Lipinski definition) is 1. The van der Waals surface area contributed by atoms with Crippen molar-refractivity contribution >= 4 is 57.3 Å². The molecule has 4 aromatic rings. The van der Waals surface area contributed by atoms with Crippen molar-refractivity contribution < 1.29 is 9.53 Å². The first-order valence-corrected chi connectivity index (χ1v) is 14.0. The second-order valence-corrected chi connectivity index (χ2v) is 10.8. The highest BCUT2D eigenvalue weighted by atomic mass is 35.5. The number of aromatic nitrogens is 4. The lowest BCUT2D eigenvalue weighted by molar-refractivity contribution is -0.113. The van der Waals surface area contributed by atoms with Crippen LogP contribution in [-0.4, -0.2) is 31.4 Å². The van der Waals surface area contributed by atoms with Crippen LogP contribution in [0.4, 0.5) is 5.13 Å². The number of allylic oxidation sites excluding steroid dienone is 1. The Bertz CT molecular complexity index is 1440. The number of nitrogens with one attached hydrogen (secondary N) is 1. The molecule has 4 rings (SSSR count). The van der Waals surface area contributed by atoms with Crippen molar-refractivity contribution in [3.05, 3.63) is 81.4 Å². The number of nitrogens with zero attached hydrogens (tertiary/aromatic N) is 4. The molecule has 1 N–H and O–H groups in total. The van der Waals surface area contributed by atoms with Crippen molar-refractivity contribution in [2.24, 2.45) is 0 Å². The number of amides is 1. The molecule has 1 amide bonds. The van der Waals surface area contributed by atoms with Crippen LogP contribution < -0.4 is 10.1 Å². The quantitative estimate of drug-likeness (QED) is 0.157. The fourth-order valence-electron chi connectivity index (χ4n) is 3.54. The largest absolute Gasteiger partial charge is 0.482 e. The minimum absolute atomic E-state index is 0.137. The summed E-state index contributed by atoms with van der Waals surface area (Å²) in [4.78, 5) is 17.1. The summed E-state index contributed by atoms with van der Waals surface area (Å²) in [6.07, 6.45) is 1.42. The first kappa shape index (κ1) is 27.2. The molecule has 1 atom stereocenters. The molecule has 2 aromatic heterocycles. The van der Waals surface area contributed by atoms with Gasteiger partial charge in [-0.3, -0.25) is 9.36 Å². The second-order valence-electron chi connectivity index (χ2n) is 8.20. The van der Waals surface area contributed by atoms with E-state index in [-0.39, 0.29) is 17.8 Å². The SMILES string of the molecule is C=CCn1c(SCC(=O)Nc2nc(-c3ccc(Cl)cc3Cl)cs2)nnc1C(C)Oc1cccc(C)c1C. The Kier molecular flexibility index (Phi) is 8.91. The van der Waals surface area contributed by atoms with Gasteiger partial charge in [-0.1, -0.05) is 53.2 Å². The number of carbonyl (C=O) groups is 1. The third-order valence-corrected chi connectivity index (χ3v) is 7.84. The zero-order valence-electron chi connectivity index (χ0n) is 20.5. The van der Waals surface area contributed by atoms with E-state index >= 15 is 0 Å². The molecule has 0 fully saturated rings. The number of anilines is 1. The summed E-state index contributed by atoms with van der Waals surface area (Å²) in [5, 5.41) is 15.5. The number of thiazole rings is 1. The van der Waals surface area contributed by atoms with Gasteiger partial charge in [0.15, 0.2) is 22.2 Å². The molecule has 0 aliphatic carbocycles. The van der Waals surface area contributed by atoms with Gasteiger partial charge in [-0.15, -0.1) is 28.1 Å². The summed E-state index contributed by atoms with van der Waals surface area (Å²) in [5.74, 6) is 1.39. The van der Waals surface area contributed by atoms with Crippen LogP contribution in [0.2, 0.25) is 10.0 Å². The number of thioether (sulfide) groups is 1. The average molecular weight is 575 g/mol. The van der Waals surface area contributed by atoms with Crippen LogP contribution in [0.5, 0.6) is 5.75 Å². The highest BCUT2D eigenvalue weighted by Gasteiger charge is 2.21. The third-order valence-electron chi connectivity index (χ3n) is 5.57. The van der Waals surface area contributed by atoms with Crippen molar-refractivity contribution in [3.8, 4) is 17.0 Å². The maximum Gasteiger partial charge on any atom is 0.236 e. The molecule has 2 heterocycles. The number of benzene rings is 2. The molecule has 0 bridgehead atoms. The van der Waals surface area contributed by atoms with E-state index in [4.69, 9.17) is 27.9 Å². The zero-order valence-corrected chi connectivity index (χ0v) is 23.6. The second kappa shape index (κ2) is 12.1. The monoisotopic (exact) mass is 573 g/mol. The van der Waals surface area contributed by atoms with Gasteiger partial charge >= 0.3 is 0 Å². The Balaban J connectivity index is 1.41. The van der Waals surface area contributed by atoms with Crippen LogP contribution in [0.3, 0.4) is 0 Å². The summed E-state index contributed by atoms with van der Waals surface area (Å²) in [7, 11) is 0. The van der Waals surface area contributed by atoms with Crippen LogP contribution >= 0.6 is 46.3 Å². The van der Waals surface area contributed by atoms with Gasteiger partial charge in [0.2, 0.25) is 5.91 Å². The number of halogens is 2. The van der Waals surface area contributed by atoms with Gasteiger partial charge in [0.05, 0.1) is 16.5 Å². The molecule has 0 aliphatic heterocycles. The Morgan fingerprint density at radius 2 is 2.08 bits per heavy atom. The summed E-state index contributed by atoms with van der Waals surface area (Å²) < 4.78 is 8.11. The Hall–Kier alpha value is -2.85. The number of rotatable bonds is 10. The fraction of sp³-hybridized carbons (Fsp3) is 0.231. The van der Waals surface area contributed by atoms with E-state index in [1.54, 1.807) is 24.3 Å². The van der Waals surface area contributed by atoms with E-state index in [1.807, 2.05) is 48.9 Å². The van der Waals surface area contributed by atoms with Crippen LogP contribution in [0.1, 0.15) is 30.0 Å². The molecule has 37 heavy (non-hydrogen) atoms. The summed E-state index contributed by atoms with van der Waals surface area (Å²) in [6.45, 7) is 10.3. The van der Waals surface area contributed by atoms with Crippen LogP contribution in [-0.2, 0) is 11.3 Å². The smallest absolute Gasteiger partial charge is 0.236 e. The minimum atomic E-state index is -0.343. The summed E-state index contributed by atoms with van der Waals surface area (Å²) in [6, 6.07) is 11.2. The molecule has 7 nitrogen and oxygen atoms in total. The third kappa shape index (κ3) is 6.54. The van der Waals surface area contributed by atoms with Gasteiger partial charge in [0, 0.05) is 22.5 Å². The van der Waals surface area contributed by atoms with Crippen molar-refractivity contribution in [3.63, 3.8) is 0 Å².